The second-order valence-electron chi connectivity index (χ2n) is 5.96. The molecule has 0 aliphatic carbocycles. The highest BCUT2D eigenvalue weighted by Crippen LogP contribution is 2.32. The van der Waals surface area contributed by atoms with Crippen LogP contribution in [0, 0.1) is 17.5 Å². The van der Waals surface area contributed by atoms with E-state index in [0.29, 0.717) is 18.9 Å². The van der Waals surface area contributed by atoms with Crippen LogP contribution in [0.15, 0.2) is 17.0 Å². The maximum absolute atomic E-state index is 13.8. The summed E-state index contributed by atoms with van der Waals surface area (Å²) in [4.78, 5) is -0.820. The van der Waals surface area contributed by atoms with Crippen LogP contribution in [0.1, 0.15) is 25.7 Å². The van der Waals surface area contributed by atoms with Gasteiger partial charge in [-0.15, -0.1) is 12.4 Å². The van der Waals surface area contributed by atoms with Gasteiger partial charge in [0.2, 0.25) is 10.0 Å². The first kappa shape index (κ1) is 18.5. The smallest absolute Gasteiger partial charge is 0.246 e. The fourth-order valence-corrected chi connectivity index (χ4v) is 4.81. The lowest BCUT2D eigenvalue weighted by Gasteiger charge is -2.34. The van der Waals surface area contributed by atoms with Crippen LogP contribution in [-0.4, -0.2) is 37.9 Å². The van der Waals surface area contributed by atoms with Crippen molar-refractivity contribution in [1.82, 2.24) is 9.62 Å². The molecule has 23 heavy (non-hydrogen) atoms. The summed E-state index contributed by atoms with van der Waals surface area (Å²) in [6.07, 6.45) is 3.26. The fraction of sp³-hybridized carbons (Fsp3) is 0.571. The highest BCUT2D eigenvalue weighted by atomic mass is 35.5. The predicted octanol–water partition coefficient (Wildman–Crippen LogP) is 2.43. The van der Waals surface area contributed by atoms with Crippen LogP contribution in [-0.2, 0) is 10.0 Å². The summed E-state index contributed by atoms with van der Waals surface area (Å²) in [5.41, 5.74) is 0. The first-order valence-electron chi connectivity index (χ1n) is 7.18. The van der Waals surface area contributed by atoms with Crippen LogP contribution >= 0.6 is 12.4 Å². The number of rotatable bonds is 3. The quantitative estimate of drug-likeness (QED) is 0.831. The second-order valence-corrected chi connectivity index (χ2v) is 7.92. The van der Waals surface area contributed by atoms with Gasteiger partial charge in [0.25, 0.3) is 0 Å². The number of piperidine rings is 1. The van der Waals surface area contributed by atoms with E-state index in [-0.39, 0.29) is 30.5 Å². The molecule has 2 aliphatic rings. The van der Waals surface area contributed by atoms with Crippen LogP contribution in [0.25, 0.3) is 0 Å². The van der Waals surface area contributed by atoms with Crippen molar-refractivity contribution in [2.45, 2.75) is 48.7 Å². The summed E-state index contributed by atoms with van der Waals surface area (Å²) >= 11 is 0. The summed E-state index contributed by atoms with van der Waals surface area (Å²) in [6.45, 7) is 0. The number of nitrogens with zero attached hydrogens (tertiary/aromatic N) is 1. The Bertz CT molecular complexity index is 690. The van der Waals surface area contributed by atoms with E-state index in [9.17, 15) is 21.6 Å². The van der Waals surface area contributed by atoms with Gasteiger partial charge in [0, 0.05) is 25.2 Å². The van der Waals surface area contributed by atoms with E-state index in [2.05, 4.69) is 5.32 Å². The molecule has 2 bridgehead atoms. The molecule has 2 atom stereocenters. The van der Waals surface area contributed by atoms with Crippen LogP contribution in [0.4, 0.5) is 13.2 Å². The zero-order chi connectivity index (χ0) is 16.1. The van der Waals surface area contributed by atoms with Gasteiger partial charge in [-0.3, -0.25) is 0 Å². The number of fused-ring (bicyclic) bond motifs is 2. The maximum Gasteiger partial charge on any atom is 0.246 e. The Morgan fingerprint density at radius 1 is 1.09 bits per heavy atom. The molecule has 0 aromatic heterocycles. The molecule has 2 saturated heterocycles. The first-order chi connectivity index (χ1) is 10.3. The van der Waals surface area contributed by atoms with Gasteiger partial charge in [-0.2, -0.15) is 4.31 Å². The van der Waals surface area contributed by atoms with Crippen molar-refractivity contribution >= 4 is 22.4 Å². The molecule has 0 spiro atoms. The SMILES string of the molecule is CN(C1CC2CCC(C1)N2)S(=O)(=O)c1ccc(F)c(F)c1F.Cl. The lowest BCUT2D eigenvalue weighted by Crippen LogP contribution is -2.48. The van der Waals surface area contributed by atoms with Gasteiger partial charge in [-0.25, -0.2) is 21.6 Å². The third kappa shape index (κ3) is 3.22. The van der Waals surface area contributed by atoms with Gasteiger partial charge in [0.1, 0.15) is 4.90 Å². The lowest BCUT2D eigenvalue weighted by molar-refractivity contribution is 0.250. The van der Waals surface area contributed by atoms with Crippen LogP contribution in [0.3, 0.4) is 0 Å². The molecule has 1 aromatic rings. The van der Waals surface area contributed by atoms with Crippen molar-refractivity contribution in [2.75, 3.05) is 7.05 Å². The Morgan fingerprint density at radius 2 is 1.65 bits per heavy atom. The van der Waals surface area contributed by atoms with Crippen molar-refractivity contribution in [3.63, 3.8) is 0 Å². The summed E-state index contributed by atoms with van der Waals surface area (Å²) in [6, 6.07) is 1.66. The first-order valence-corrected chi connectivity index (χ1v) is 8.62. The normalized spacial score (nSPS) is 27.1. The van der Waals surface area contributed by atoms with Crippen LogP contribution in [0.2, 0.25) is 0 Å². The second kappa shape index (κ2) is 6.58. The van der Waals surface area contributed by atoms with Gasteiger partial charge in [0.05, 0.1) is 0 Å². The molecule has 130 valence electrons. The molecule has 3 rings (SSSR count). The largest absolute Gasteiger partial charge is 0.311 e. The summed E-state index contributed by atoms with van der Waals surface area (Å²) in [5.74, 6) is -4.83. The minimum atomic E-state index is -4.20. The number of nitrogens with one attached hydrogen (secondary N) is 1. The lowest BCUT2D eigenvalue weighted by atomic mass is 10.0. The van der Waals surface area contributed by atoms with Crippen LogP contribution in [0.5, 0.6) is 0 Å². The molecule has 2 heterocycles. The molecule has 0 radical (unpaired) electrons. The third-order valence-electron chi connectivity index (χ3n) is 4.62. The van der Waals surface area contributed by atoms with Crippen molar-refractivity contribution in [3.05, 3.63) is 29.6 Å². The monoisotopic (exact) mass is 370 g/mol. The topological polar surface area (TPSA) is 49.4 Å². The van der Waals surface area contributed by atoms with E-state index in [0.717, 1.165) is 23.2 Å². The number of halogens is 4. The molecule has 0 saturated carbocycles. The van der Waals surface area contributed by atoms with Crippen molar-refractivity contribution in [1.29, 1.82) is 0 Å². The van der Waals surface area contributed by atoms with Crippen molar-refractivity contribution in [2.24, 2.45) is 0 Å². The van der Waals surface area contributed by atoms with E-state index >= 15 is 0 Å². The summed E-state index contributed by atoms with van der Waals surface area (Å²) in [7, 11) is -2.84. The highest BCUT2D eigenvalue weighted by Gasteiger charge is 2.39. The minimum absolute atomic E-state index is 0. The fourth-order valence-electron chi connectivity index (χ4n) is 3.38. The molecular weight excluding hydrogens is 353 g/mol. The minimum Gasteiger partial charge on any atom is -0.311 e. The van der Waals surface area contributed by atoms with E-state index in [1.165, 1.54) is 7.05 Å². The van der Waals surface area contributed by atoms with Gasteiger partial charge in [0.15, 0.2) is 17.5 Å². The molecule has 1 N–H and O–H groups in total. The Balaban J connectivity index is 0.00000192. The number of benzene rings is 1. The molecule has 2 aliphatic heterocycles. The predicted molar refractivity (Wildman–Crippen MR) is 81.5 cm³/mol. The highest BCUT2D eigenvalue weighted by molar-refractivity contribution is 7.89. The third-order valence-corrected chi connectivity index (χ3v) is 6.55. The van der Waals surface area contributed by atoms with E-state index < -0.39 is 32.4 Å². The summed E-state index contributed by atoms with van der Waals surface area (Å²) in [5, 5.41) is 3.39. The molecular formula is C14H18ClF3N2O2S. The standard InChI is InChI=1S/C14H17F3N2O2S.ClH/c1-19(10-6-8-2-3-9(7-10)18-8)22(20,21)12-5-4-11(15)13(16)14(12)17;/h4-5,8-10,18H,2-3,6-7H2,1H3;1H. The molecule has 4 nitrogen and oxygen atoms in total. The maximum atomic E-state index is 13.8. The average molecular weight is 371 g/mol. The van der Waals surface area contributed by atoms with E-state index in [1.54, 1.807) is 0 Å². The van der Waals surface area contributed by atoms with Gasteiger partial charge in [-0.1, -0.05) is 0 Å². The Kier molecular flexibility index (Phi) is 5.30. The zero-order valence-corrected chi connectivity index (χ0v) is 14.1. The Hall–Kier alpha value is -0.830. The summed E-state index contributed by atoms with van der Waals surface area (Å²) < 4.78 is 66.3. The van der Waals surface area contributed by atoms with Gasteiger partial charge < -0.3 is 5.32 Å². The number of hydrogen-bond acceptors (Lipinski definition) is 3. The van der Waals surface area contributed by atoms with E-state index in [1.807, 2.05) is 0 Å². The van der Waals surface area contributed by atoms with Crippen LogP contribution < -0.4 is 5.32 Å². The number of hydrogen-bond donors (Lipinski definition) is 1. The van der Waals surface area contributed by atoms with Gasteiger partial charge in [-0.05, 0) is 37.8 Å². The zero-order valence-electron chi connectivity index (χ0n) is 12.4. The number of sulfonamides is 1. The van der Waals surface area contributed by atoms with Gasteiger partial charge >= 0.3 is 0 Å². The molecule has 9 heteroatoms. The molecule has 0 amide bonds. The van der Waals surface area contributed by atoms with Crippen molar-refractivity contribution < 1.29 is 21.6 Å². The van der Waals surface area contributed by atoms with Crippen molar-refractivity contribution in [3.8, 4) is 0 Å². The Morgan fingerprint density at radius 3 is 2.22 bits per heavy atom. The van der Waals surface area contributed by atoms with E-state index in [4.69, 9.17) is 0 Å². The molecule has 1 aromatic carbocycles. The molecule has 2 fully saturated rings. The Labute approximate surface area is 139 Å². The molecule has 2 unspecified atom stereocenters. The average Bonchev–Trinajstić information content (AvgIpc) is 2.82.